The summed E-state index contributed by atoms with van der Waals surface area (Å²) in [5.74, 6) is 0. The molecule has 1 aromatic rings. The maximum atomic E-state index is 12.1. The molecule has 0 saturated carbocycles. The van der Waals surface area contributed by atoms with Crippen LogP contribution in [0.1, 0.15) is 25.3 Å². The minimum atomic E-state index is -0.212. The molecule has 1 aromatic carbocycles. The van der Waals surface area contributed by atoms with E-state index in [1.54, 1.807) is 0 Å². The molecule has 1 heterocycles. The van der Waals surface area contributed by atoms with Crippen LogP contribution in [-0.2, 0) is 11.3 Å². The lowest BCUT2D eigenvalue weighted by Crippen LogP contribution is -2.53. The number of nitrogens with one attached hydrogen (secondary N) is 1. The van der Waals surface area contributed by atoms with Gasteiger partial charge in [0.25, 0.3) is 0 Å². The third-order valence-electron chi connectivity index (χ3n) is 3.80. The number of nitrogens with zero attached hydrogens (tertiary/aromatic N) is 1. The van der Waals surface area contributed by atoms with E-state index in [1.165, 1.54) is 0 Å². The van der Waals surface area contributed by atoms with Crippen LogP contribution in [0.15, 0.2) is 30.3 Å². The van der Waals surface area contributed by atoms with Crippen LogP contribution in [0.5, 0.6) is 0 Å². The van der Waals surface area contributed by atoms with Gasteiger partial charge in [0.05, 0.1) is 0 Å². The van der Waals surface area contributed by atoms with Crippen LogP contribution in [0.25, 0.3) is 0 Å². The fourth-order valence-corrected chi connectivity index (χ4v) is 2.59. The van der Waals surface area contributed by atoms with Crippen LogP contribution >= 0.6 is 0 Å². The molecule has 19 heavy (non-hydrogen) atoms. The van der Waals surface area contributed by atoms with Crippen LogP contribution in [0, 0.1) is 0 Å². The van der Waals surface area contributed by atoms with Crippen molar-refractivity contribution in [1.82, 2.24) is 10.2 Å². The first-order valence-corrected chi connectivity index (χ1v) is 6.87. The maximum absolute atomic E-state index is 12.1. The standard InChI is InChI=1S/C15H22N2O2/c1-12-14(16-2)9-6-10-17(12)15(18)19-11-13-7-4-3-5-8-13/h3-5,7-8,12,14,16H,6,9-11H2,1-2H3/t12-,14+/m1/s1. The summed E-state index contributed by atoms with van der Waals surface area (Å²) in [5.41, 5.74) is 1.02. The van der Waals surface area contributed by atoms with Crippen molar-refractivity contribution in [3.8, 4) is 0 Å². The number of likely N-dealkylation sites (N-methyl/N-ethyl adjacent to an activating group) is 1. The number of likely N-dealkylation sites (tertiary alicyclic amines) is 1. The molecule has 4 nitrogen and oxygen atoms in total. The van der Waals surface area contributed by atoms with E-state index >= 15 is 0 Å². The van der Waals surface area contributed by atoms with Gasteiger partial charge in [-0.3, -0.25) is 0 Å². The number of hydrogen-bond donors (Lipinski definition) is 1. The molecule has 1 aliphatic heterocycles. The predicted molar refractivity (Wildman–Crippen MR) is 74.9 cm³/mol. The molecule has 104 valence electrons. The van der Waals surface area contributed by atoms with Crippen molar-refractivity contribution in [3.05, 3.63) is 35.9 Å². The van der Waals surface area contributed by atoms with Crippen LogP contribution in [-0.4, -0.2) is 36.7 Å². The van der Waals surface area contributed by atoms with E-state index in [1.807, 2.05) is 42.3 Å². The summed E-state index contributed by atoms with van der Waals surface area (Å²) < 4.78 is 5.39. The summed E-state index contributed by atoms with van der Waals surface area (Å²) in [7, 11) is 1.94. The van der Waals surface area contributed by atoms with Crippen LogP contribution in [0.4, 0.5) is 4.79 Å². The Morgan fingerprint density at radius 3 is 2.84 bits per heavy atom. The predicted octanol–water partition coefficient (Wildman–Crippen LogP) is 2.40. The lowest BCUT2D eigenvalue weighted by Gasteiger charge is -2.38. The zero-order chi connectivity index (χ0) is 13.7. The van der Waals surface area contributed by atoms with Crippen LogP contribution in [0.2, 0.25) is 0 Å². The Kier molecular flexibility index (Phi) is 4.80. The Morgan fingerprint density at radius 2 is 2.16 bits per heavy atom. The molecule has 0 radical (unpaired) electrons. The third-order valence-corrected chi connectivity index (χ3v) is 3.80. The summed E-state index contributed by atoms with van der Waals surface area (Å²) in [5, 5.41) is 3.26. The minimum Gasteiger partial charge on any atom is -0.445 e. The van der Waals surface area contributed by atoms with Gasteiger partial charge in [-0.15, -0.1) is 0 Å². The molecule has 1 aliphatic rings. The quantitative estimate of drug-likeness (QED) is 0.909. The number of piperidine rings is 1. The number of carbonyl (C=O) groups excluding carboxylic acids is 1. The van der Waals surface area contributed by atoms with Gasteiger partial charge in [0.15, 0.2) is 0 Å². The van der Waals surface area contributed by atoms with E-state index in [0.717, 1.165) is 24.9 Å². The van der Waals surface area contributed by atoms with E-state index < -0.39 is 0 Å². The van der Waals surface area contributed by atoms with Gasteiger partial charge in [-0.1, -0.05) is 30.3 Å². The lowest BCUT2D eigenvalue weighted by atomic mass is 9.98. The van der Waals surface area contributed by atoms with E-state index in [9.17, 15) is 4.79 Å². The zero-order valence-electron chi connectivity index (χ0n) is 11.6. The van der Waals surface area contributed by atoms with Crippen molar-refractivity contribution in [3.63, 3.8) is 0 Å². The summed E-state index contributed by atoms with van der Waals surface area (Å²) in [6.45, 7) is 3.20. The van der Waals surface area contributed by atoms with Crippen molar-refractivity contribution in [1.29, 1.82) is 0 Å². The van der Waals surface area contributed by atoms with E-state index in [0.29, 0.717) is 12.6 Å². The highest BCUT2D eigenvalue weighted by molar-refractivity contribution is 5.68. The van der Waals surface area contributed by atoms with Gasteiger partial charge in [-0.25, -0.2) is 4.79 Å². The van der Waals surface area contributed by atoms with Gasteiger partial charge in [-0.2, -0.15) is 0 Å². The molecule has 1 N–H and O–H groups in total. The molecule has 1 saturated heterocycles. The van der Waals surface area contributed by atoms with Gasteiger partial charge in [0.2, 0.25) is 0 Å². The van der Waals surface area contributed by atoms with Gasteiger partial charge in [0, 0.05) is 18.6 Å². The number of rotatable bonds is 3. The summed E-state index contributed by atoms with van der Waals surface area (Å²) >= 11 is 0. The smallest absolute Gasteiger partial charge is 0.410 e. The largest absolute Gasteiger partial charge is 0.445 e. The Morgan fingerprint density at radius 1 is 1.42 bits per heavy atom. The first kappa shape index (κ1) is 13.9. The third kappa shape index (κ3) is 3.47. The molecule has 0 spiro atoms. The van der Waals surface area contributed by atoms with E-state index in [4.69, 9.17) is 4.74 Å². The Labute approximate surface area is 114 Å². The molecule has 0 bridgehead atoms. The molecule has 0 unspecified atom stereocenters. The second-order valence-corrected chi connectivity index (χ2v) is 5.01. The number of hydrogen-bond acceptors (Lipinski definition) is 3. The van der Waals surface area contributed by atoms with Crippen molar-refractivity contribution in [2.24, 2.45) is 0 Å². The molecule has 4 heteroatoms. The Balaban J connectivity index is 1.89. The zero-order valence-corrected chi connectivity index (χ0v) is 11.6. The van der Waals surface area contributed by atoms with Gasteiger partial charge >= 0.3 is 6.09 Å². The number of amides is 1. The highest BCUT2D eigenvalue weighted by atomic mass is 16.6. The van der Waals surface area contributed by atoms with Crippen molar-refractivity contribution in [2.75, 3.05) is 13.6 Å². The van der Waals surface area contributed by atoms with Gasteiger partial charge in [-0.05, 0) is 32.4 Å². The topological polar surface area (TPSA) is 41.6 Å². The monoisotopic (exact) mass is 262 g/mol. The molecular formula is C15H22N2O2. The average molecular weight is 262 g/mol. The molecule has 0 aliphatic carbocycles. The van der Waals surface area contributed by atoms with Gasteiger partial charge in [0.1, 0.15) is 6.61 Å². The Hall–Kier alpha value is -1.55. The number of ether oxygens (including phenoxy) is 1. The lowest BCUT2D eigenvalue weighted by molar-refractivity contribution is 0.0628. The SMILES string of the molecule is CN[C@H]1CCCN(C(=O)OCc2ccccc2)[C@@H]1C. The first-order valence-electron chi connectivity index (χ1n) is 6.87. The Bertz CT molecular complexity index is 408. The molecule has 2 rings (SSSR count). The first-order chi connectivity index (χ1) is 9.22. The normalized spacial score (nSPS) is 23.2. The minimum absolute atomic E-state index is 0.182. The molecular weight excluding hydrogens is 240 g/mol. The van der Waals surface area contributed by atoms with Crippen molar-refractivity contribution >= 4 is 6.09 Å². The summed E-state index contributed by atoms with van der Waals surface area (Å²) in [6, 6.07) is 10.3. The maximum Gasteiger partial charge on any atom is 0.410 e. The van der Waals surface area contributed by atoms with Crippen LogP contribution < -0.4 is 5.32 Å². The average Bonchev–Trinajstić information content (AvgIpc) is 2.46. The fourth-order valence-electron chi connectivity index (χ4n) is 2.59. The highest BCUT2D eigenvalue weighted by Gasteiger charge is 2.30. The fraction of sp³-hybridized carbons (Fsp3) is 0.533. The highest BCUT2D eigenvalue weighted by Crippen LogP contribution is 2.18. The second kappa shape index (κ2) is 6.57. The molecule has 1 fully saturated rings. The van der Waals surface area contributed by atoms with E-state index in [-0.39, 0.29) is 12.1 Å². The number of carbonyl (C=O) groups is 1. The van der Waals surface area contributed by atoms with Crippen molar-refractivity contribution in [2.45, 2.75) is 38.5 Å². The van der Waals surface area contributed by atoms with Gasteiger partial charge < -0.3 is 15.0 Å². The number of benzene rings is 1. The van der Waals surface area contributed by atoms with E-state index in [2.05, 4.69) is 12.2 Å². The van der Waals surface area contributed by atoms with Crippen LogP contribution in [0.3, 0.4) is 0 Å². The van der Waals surface area contributed by atoms with Crippen molar-refractivity contribution < 1.29 is 9.53 Å². The molecule has 0 aromatic heterocycles. The molecule has 2 atom stereocenters. The second-order valence-electron chi connectivity index (χ2n) is 5.01. The summed E-state index contributed by atoms with van der Waals surface area (Å²) in [6.07, 6.45) is 1.92. The summed E-state index contributed by atoms with van der Waals surface area (Å²) in [4.78, 5) is 13.9. The molecule has 1 amide bonds.